The number of benzene rings is 1. The van der Waals surface area contributed by atoms with Crippen molar-refractivity contribution in [1.82, 2.24) is 9.88 Å². The first-order valence-corrected chi connectivity index (χ1v) is 8.35. The van der Waals surface area contributed by atoms with E-state index in [4.69, 9.17) is 10.5 Å². The highest BCUT2D eigenvalue weighted by atomic mass is 32.1. The molecule has 1 aromatic heterocycles. The lowest BCUT2D eigenvalue weighted by molar-refractivity contribution is 0.184. The molecule has 0 radical (unpaired) electrons. The maximum Gasteiger partial charge on any atom is 0.142 e. The molecule has 0 aliphatic carbocycles. The van der Waals surface area contributed by atoms with Crippen LogP contribution >= 0.6 is 11.3 Å². The van der Waals surface area contributed by atoms with Crippen molar-refractivity contribution in [2.24, 2.45) is 0 Å². The van der Waals surface area contributed by atoms with E-state index in [1.807, 2.05) is 23.6 Å². The second-order valence-electron chi connectivity index (χ2n) is 5.34. The zero-order chi connectivity index (χ0) is 14.5. The summed E-state index contributed by atoms with van der Waals surface area (Å²) in [6.45, 7) is 4.07. The van der Waals surface area contributed by atoms with Crippen molar-refractivity contribution in [2.75, 3.05) is 32.0 Å². The molecule has 1 saturated heterocycles. The Morgan fingerprint density at radius 2 is 2.10 bits per heavy atom. The molecule has 1 aliphatic rings. The molecule has 112 valence electrons. The van der Waals surface area contributed by atoms with Crippen LogP contribution in [-0.4, -0.2) is 36.1 Å². The number of likely N-dealkylation sites (tertiary alicyclic amines) is 1. The number of ether oxygens (including phenoxy) is 1. The topological polar surface area (TPSA) is 51.4 Å². The van der Waals surface area contributed by atoms with Gasteiger partial charge in [0.25, 0.3) is 0 Å². The second kappa shape index (κ2) is 6.91. The molecule has 21 heavy (non-hydrogen) atoms. The monoisotopic (exact) mass is 303 g/mol. The van der Waals surface area contributed by atoms with Gasteiger partial charge in [0.15, 0.2) is 0 Å². The van der Waals surface area contributed by atoms with Gasteiger partial charge in [0.05, 0.1) is 5.69 Å². The predicted molar refractivity (Wildman–Crippen MR) is 87.7 cm³/mol. The number of hydrogen-bond acceptors (Lipinski definition) is 5. The van der Waals surface area contributed by atoms with E-state index in [-0.39, 0.29) is 0 Å². The molecule has 1 fully saturated rings. The van der Waals surface area contributed by atoms with E-state index < -0.39 is 0 Å². The summed E-state index contributed by atoms with van der Waals surface area (Å²) < 4.78 is 5.83. The number of nitrogen functional groups attached to an aromatic ring is 1. The third-order valence-corrected chi connectivity index (χ3v) is 4.62. The molecule has 1 aliphatic heterocycles. The summed E-state index contributed by atoms with van der Waals surface area (Å²) in [5.41, 5.74) is 7.81. The molecule has 3 rings (SSSR count). The van der Waals surface area contributed by atoms with Crippen LogP contribution in [0.25, 0.3) is 10.6 Å². The number of anilines is 1. The Morgan fingerprint density at radius 3 is 2.81 bits per heavy atom. The minimum atomic E-state index is 0.682. The van der Waals surface area contributed by atoms with Gasteiger partial charge in [0.2, 0.25) is 0 Å². The average Bonchev–Trinajstić information content (AvgIpc) is 3.04. The first-order valence-electron chi connectivity index (χ1n) is 7.47. The van der Waals surface area contributed by atoms with Gasteiger partial charge in [0.1, 0.15) is 17.4 Å². The Hall–Kier alpha value is -1.59. The summed E-state index contributed by atoms with van der Waals surface area (Å²) in [7, 11) is 0. The zero-order valence-electron chi connectivity index (χ0n) is 12.1. The third-order valence-electron chi connectivity index (χ3n) is 3.80. The molecule has 0 unspecified atom stereocenters. The highest BCUT2D eigenvalue weighted by molar-refractivity contribution is 7.13. The van der Waals surface area contributed by atoms with Crippen LogP contribution in [0.5, 0.6) is 5.75 Å². The average molecular weight is 303 g/mol. The van der Waals surface area contributed by atoms with E-state index in [1.54, 1.807) is 17.5 Å². The maximum absolute atomic E-state index is 6.08. The SMILES string of the molecule is Nc1cc(-c2nccs2)ccc1OCCN1CCCCC1. The summed E-state index contributed by atoms with van der Waals surface area (Å²) >= 11 is 1.61. The van der Waals surface area contributed by atoms with Crippen molar-refractivity contribution in [3.63, 3.8) is 0 Å². The van der Waals surface area contributed by atoms with Gasteiger partial charge in [-0.1, -0.05) is 6.42 Å². The predicted octanol–water partition coefficient (Wildman–Crippen LogP) is 3.26. The normalized spacial score (nSPS) is 16.0. The van der Waals surface area contributed by atoms with Crippen molar-refractivity contribution in [1.29, 1.82) is 0 Å². The number of hydrogen-bond donors (Lipinski definition) is 1. The number of rotatable bonds is 5. The lowest BCUT2D eigenvalue weighted by Gasteiger charge is -2.26. The molecule has 4 nitrogen and oxygen atoms in total. The van der Waals surface area contributed by atoms with Crippen molar-refractivity contribution in [3.8, 4) is 16.3 Å². The summed E-state index contributed by atoms with van der Waals surface area (Å²) in [5.74, 6) is 0.771. The standard InChI is InChI=1S/C16H21N3OS/c17-14-12-13(16-18-6-11-21-16)4-5-15(14)20-10-9-19-7-2-1-3-8-19/h4-6,11-12H,1-3,7-10,17H2. The lowest BCUT2D eigenvalue weighted by atomic mass is 10.1. The van der Waals surface area contributed by atoms with Crippen LogP contribution in [0.3, 0.4) is 0 Å². The van der Waals surface area contributed by atoms with E-state index in [0.29, 0.717) is 12.3 Å². The number of nitrogens with zero attached hydrogens (tertiary/aromatic N) is 2. The molecule has 2 heterocycles. The van der Waals surface area contributed by atoms with E-state index in [0.717, 1.165) is 22.9 Å². The maximum atomic E-state index is 6.08. The van der Waals surface area contributed by atoms with Crippen molar-refractivity contribution in [2.45, 2.75) is 19.3 Å². The highest BCUT2D eigenvalue weighted by Crippen LogP contribution is 2.29. The van der Waals surface area contributed by atoms with Gasteiger partial charge in [-0.05, 0) is 44.1 Å². The third kappa shape index (κ3) is 3.74. The van der Waals surface area contributed by atoms with Gasteiger partial charge >= 0.3 is 0 Å². The van der Waals surface area contributed by atoms with Gasteiger partial charge in [0, 0.05) is 23.7 Å². The summed E-state index contributed by atoms with van der Waals surface area (Å²) in [6.07, 6.45) is 5.79. The smallest absolute Gasteiger partial charge is 0.142 e. The van der Waals surface area contributed by atoms with Gasteiger partial charge in [-0.25, -0.2) is 4.98 Å². The highest BCUT2D eigenvalue weighted by Gasteiger charge is 2.10. The van der Waals surface area contributed by atoms with Crippen molar-refractivity contribution >= 4 is 17.0 Å². The molecule has 0 bridgehead atoms. The van der Waals surface area contributed by atoms with Gasteiger partial charge in [-0.15, -0.1) is 11.3 Å². The zero-order valence-corrected chi connectivity index (χ0v) is 12.9. The van der Waals surface area contributed by atoms with Crippen LogP contribution in [0.15, 0.2) is 29.8 Å². The van der Waals surface area contributed by atoms with Crippen LogP contribution < -0.4 is 10.5 Å². The summed E-state index contributed by atoms with van der Waals surface area (Å²) in [5, 5.41) is 2.95. The molecule has 5 heteroatoms. The Morgan fingerprint density at radius 1 is 1.24 bits per heavy atom. The molecular weight excluding hydrogens is 282 g/mol. The van der Waals surface area contributed by atoms with E-state index in [1.165, 1.54) is 32.4 Å². The van der Waals surface area contributed by atoms with E-state index >= 15 is 0 Å². The Bertz CT molecular complexity index is 565. The lowest BCUT2D eigenvalue weighted by Crippen LogP contribution is -2.33. The van der Waals surface area contributed by atoms with Gasteiger partial charge < -0.3 is 10.5 Å². The molecule has 0 atom stereocenters. The minimum Gasteiger partial charge on any atom is -0.490 e. The van der Waals surface area contributed by atoms with Crippen LogP contribution in [0.4, 0.5) is 5.69 Å². The summed E-state index contributed by atoms with van der Waals surface area (Å²) in [4.78, 5) is 6.76. The number of piperidine rings is 1. The first-order chi connectivity index (χ1) is 10.3. The molecular formula is C16H21N3OS. The first kappa shape index (κ1) is 14.4. The minimum absolute atomic E-state index is 0.682. The molecule has 2 N–H and O–H groups in total. The fourth-order valence-corrected chi connectivity index (χ4v) is 3.28. The molecule has 0 saturated carbocycles. The van der Waals surface area contributed by atoms with Crippen LogP contribution in [0.1, 0.15) is 19.3 Å². The van der Waals surface area contributed by atoms with Crippen LogP contribution in [0.2, 0.25) is 0 Å². The molecule has 2 aromatic rings. The largest absolute Gasteiger partial charge is 0.490 e. The fraction of sp³-hybridized carbons (Fsp3) is 0.438. The fourth-order valence-electron chi connectivity index (χ4n) is 2.65. The Labute approximate surface area is 129 Å². The molecule has 0 spiro atoms. The Kier molecular flexibility index (Phi) is 4.72. The number of thiazole rings is 1. The van der Waals surface area contributed by atoms with E-state index in [2.05, 4.69) is 9.88 Å². The second-order valence-corrected chi connectivity index (χ2v) is 6.24. The van der Waals surface area contributed by atoms with Gasteiger partial charge in [-0.3, -0.25) is 4.90 Å². The quantitative estimate of drug-likeness (QED) is 0.861. The number of nitrogens with two attached hydrogens (primary N) is 1. The van der Waals surface area contributed by atoms with E-state index in [9.17, 15) is 0 Å². The molecule has 0 amide bonds. The number of aromatic nitrogens is 1. The van der Waals surface area contributed by atoms with Gasteiger partial charge in [-0.2, -0.15) is 0 Å². The Balaban J connectivity index is 1.56. The van der Waals surface area contributed by atoms with Crippen LogP contribution in [-0.2, 0) is 0 Å². The molecule has 1 aromatic carbocycles. The van der Waals surface area contributed by atoms with Crippen molar-refractivity contribution < 1.29 is 4.74 Å². The van der Waals surface area contributed by atoms with Crippen molar-refractivity contribution in [3.05, 3.63) is 29.8 Å². The van der Waals surface area contributed by atoms with Crippen LogP contribution in [0, 0.1) is 0 Å². The summed E-state index contributed by atoms with van der Waals surface area (Å²) in [6, 6.07) is 5.91.